The topological polar surface area (TPSA) is 32.3 Å². The van der Waals surface area contributed by atoms with Crippen molar-refractivity contribution in [3.63, 3.8) is 0 Å². The number of nitrogens with zero attached hydrogens (tertiary/aromatic N) is 1. The Labute approximate surface area is 92.2 Å². The SMILES string of the molecule is C#CCNC(=O)CN1[C@H](C)CCC[C@@H]1C. The molecule has 0 aromatic rings. The molecule has 1 aliphatic rings. The maximum Gasteiger partial charge on any atom is 0.234 e. The number of piperidine rings is 1. The number of hydrogen-bond donors (Lipinski definition) is 1. The van der Waals surface area contributed by atoms with Gasteiger partial charge in [-0.25, -0.2) is 0 Å². The van der Waals surface area contributed by atoms with E-state index in [1.54, 1.807) is 0 Å². The van der Waals surface area contributed by atoms with Gasteiger partial charge in [-0.15, -0.1) is 6.42 Å². The van der Waals surface area contributed by atoms with Crippen LogP contribution in [0.15, 0.2) is 0 Å². The van der Waals surface area contributed by atoms with Crippen molar-refractivity contribution in [2.45, 2.75) is 45.2 Å². The van der Waals surface area contributed by atoms with Crippen molar-refractivity contribution in [2.75, 3.05) is 13.1 Å². The Morgan fingerprint density at radius 1 is 1.47 bits per heavy atom. The minimum absolute atomic E-state index is 0.0357. The first-order chi connectivity index (χ1) is 7.15. The monoisotopic (exact) mass is 208 g/mol. The third kappa shape index (κ3) is 3.56. The van der Waals surface area contributed by atoms with E-state index < -0.39 is 0 Å². The lowest BCUT2D eigenvalue weighted by Crippen LogP contribution is -2.48. The zero-order valence-corrected chi connectivity index (χ0v) is 9.62. The fourth-order valence-corrected chi connectivity index (χ4v) is 2.16. The van der Waals surface area contributed by atoms with E-state index in [-0.39, 0.29) is 5.91 Å². The molecule has 2 atom stereocenters. The van der Waals surface area contributed by atoms with Gasteiger partial charge >= 0.3 is 0 Å². The van der Waals surface area contributed by atoms with Crippen molar-refractivity contribution in [2.24, 2.45) is 0 Å². The first-order valence-corrected chi connectivity index (χ1v) is 5.61. The van der Waals surface area contributed by atoms with Crippen molar-refractivity contribution in [3.05, 3.63) is 0 Å². The molecule has 3 heteroatoms. The van der Waals surface area contributed by atoms with Crippen molar-refractivity contribution in [1.29, 1.82) is 0 Å². The van der Waals surface area contributed by atoms with E-state index in [0.717, 1.165) is 0 Å². The molecule has 15 heavy (non-hydrogen) atoms. The van der Waals surface area contributed by atoms with E-state index in [1.807, 2.05) is 0 Å². The molecule has 1 rings (SSSR count). The van der Waals surface area contributed by atoms with Gasteiger partial charge in [-0.2, -0.15) is 0 Å². The first-order valence-electron chi connectivity index (χ1n) is 5.61. The highest BCUT2D eigenvalue weighted by molar-refractivity contribution is 5.78. The Morgan fingerprint density at radius 3 is 2.60 bits per heavy atom. The molecule has 84 valence electrons. The second kappa shape index (κ2) is 5.77. The Bertz CT molecular complexity index is 247. The Hall–Kier alpha value is -1.01. The van der Waals surface area contributed by atoms with E-state index in [2.05, 4.69) is 30.0 Å². The van der Waals surface area contributed by atoms with E-state index in [9.17, 15) is 4.79 Å². The van der Waals surface area contributed by atoms with Crippen LogP contribution >= 0.6 is 0 Å². The highest BCUT2D eigenvalue weighted by Crippen LogP contribution is 2.21. The molecule has 0 spiro atoms. The van der Waals surface area contributed by atoms with Gasteiger partial charge in [-0.05, 0) is 26.7 Å². The molecule has 0 radical (unpaired) electrons. The number of carbonyl (C=O) groups is 1. The molecular formula is C12H20N2O. The van der Waals surface area contributed by atoms with Crippen LogP contribution in [0.25, 0.3) is 0 Å². The van der Waals surface area contributed by atoms with E-state index in [4.69, 9.17) is 6.42 Å². The van der Waals surface area contributed by atoms with Gasteiger partial charge in [-0.3, -0.25) is 9.69 Å². The standard InChI is InChI=1S/C12H20N2O/c1-4-8-13-12(15)9-14-10(2)6-5-7-11(14)3/h1,10-11H,5-9H2,2-3H3,(H,13,15)/t10-,11+. The second-order valence-corrected chi connectivity index (χ2v) is 4.28. The van der Waals surface area contributed by atoms with Crippen molar-refractivity contribution >= 4 is 5.91 Å². The van der Waals surface area contributed by atoms with Crippen LogP contribution in [-0.2, 0) is 4.79 Å². The maximum absolute atomic E-state index is 11.5. The summed E-state index contributed by atoms with van der Waals surface area (Å²) in [7, 11) is 0. The highest BCUT2D eigenvalue weighted by atomic mass is 16.2. The summed E-state index contributed by atoms with van der Waals surface area (Å²) >= 11 is 0. The molecule has 0 saturated carbocycles. The minimum atomic E-state index is 0.0357. The first kappa shape index (κ1) is 12.1. The molecule has 3 nitrogen and oxygen atoms in total. The fourth-order valence-electron chi connectivity index (χ4n) is 2.16. The van der Waals surface area contributed by atoms with E-state index in [0.29, 0.717) is 25.2 Å². The number of carbonyl (C=O) groups excluding carboxylic acids is 1. The molecule has 0 aromatic heterocycles. The summed E-state index contributed by atoms with van der Waals surface area (Å²) in [5.74, 6) is 2.44. The summed E-state index contributed by atoms with van der Waals surface area (Å²) in [6.45, 7) is 5.17. The summed E-state index contributed by atoms with van der Waals surface area (Å²) in [6.07, 6.45) is 8.73. The van der Waals surface area contributed by atoms with Gasteiger partial charge in [-0.1, -0.05) is 12.3 Å². The average molecular weight is 208 g/mol. The highest BCUT2D eigenvalue weighted by Gasteiger charge is 2.25. The Balaban J connectivity index is 2.41. The molecular weight excluding hydrogens is 188 g/mol. The predicted molar refractivity (Wildman–Crippen MR) is 61.3 cm³/mol. The smallest absolute Gasteiger partial charge is 0.234 e. The quantitative estimate of drug-likeness (QED) is 0.702. The number of likely N-dealkylation sites (tertiary alicyclic amines) is 1. The van der Waals surface area contributed by atoms with Crippen LogP contribution in [0, 0.1) is 12.3 Å². The molecule has 0 aromatic carbocycles. The molecule has 1 fully saturated rings. The molecule has 1 aliphatic heterocycles. The molecule has 1 amide bonds. The normalized spacial score (nSPS) is 27.0. The van der Waals surface area contributed by atoms with Crippen LogP contribution in [0.2, 0.25) is 0 Å². The molecule has 1 N–H and O–H groups in total. The molecule has 0 aliphatic carbocycles. The molecule has 0 unspecified atom stereocenters. The number of terminal acetylenes is 1. The summed E-state index contributed by atoms with van der Waals surface area (Å²) in [4.78, 5) is 13.8. The van der Waals surface area contributed by atoms with Gasteiger partial charge in [0.1, 0.15) is 0 Å². The maximum atomic E-state index is 11.5. The molecule has 0 bridgehead atoms. The van der Waals surface area contributed by atoms with Gasteiger partial charge in [0.25, 0.3) is 0 Å². The number of rotatable bonds is 3. The number of amides is 1. The Kier molecular flexibility index (Phi) is 4.64. The van der Waals surface area contributed by atoms with Gasteiger partial charge in [0.2, 0.25) is 5.91 Å². The lowest BCUT2D eigenvalue weighted by molar-refractivity contribution is -0.123. The minimum Gasteiger partial charge on any atom is -0.344 e. The summed E-state index contributed by atoms with van der Waals surface area (Å²) in [6, 6.07) is 1.01. The summed E-state index contributed by atoms with van der Waals surface area (Å²) < 4.78 is 0. The van der Waals surface area contributed by atoms with Gasteiger partial charge < -0.3 is 5.32 Å². The molecule has 1 heterocycles. The average Bonchev–Trinajstić information content (AvgIpc) is 2.21. The predicted octanol–water partition coefficient (Wildman–Crippen LogP) is 0.999. The zero-order valence-electron chi connectivity index (χ0n) is 9.62. The molecule has 1 saturated heterocycles. The van der Waals surface area contributed by atoms with E-state index in [1.165, 1.54) is 19.3 Å². The van der Waals surface area contributed by atoms with Gasteiger partial charge in [0.05, 0.1) is 13.1 Å². The number of hydrogen-bond acceptors (Lipinski definition) is 2. The van der Waals surface area contributed by atoms with Gasteiger partial charge in [0, 0.05) is 12.1 Å². The van der Waals surface area contributed by atoms with Crippen LogP contribution in [0.4, 0.5) is 0 Å². The van der Waals surface area contributed by atoms with Crippen LogP contribution in [0.5, 0.6) is 0 Å². The van der Waals surface area contributed by atoms with Crippen molar-refractivity contribution < 1.29 is 4.79 Å². The Morgan fingerprint density at radius 2 is 2.07 bits per heavy atom. The largest absolute Gasteiger partial charge is 0.344 e. The fraction of sp³-hybridized carbons (Fsp3) is 0.750. The van der Waals surface area contributed by atoms with Gasteiger partial charge in [0.15, 0.2) is 0 Å². The second-order valence-electron chi connectivity index (χ2n) is 4.28. The zero-order chi connectivity index (χ0) is 11.3. The summed E-state index contributed by atoms with van der Waals surface area (Å²) in [5.41, 5.74) is 0. The van der Waals surface area contributed by atoms with Crippen LogP contribution in [0.1, 0.15) is 33.1 Å². The lowest BCUT2D eigenvalue weighted by Gasteiger charge is -2.38. The summed E-state index contributed by atoms with van der Waals surface area (Å²) in [5, 5.41) is 2.70. The van der Waals surface area contributed by atoms with E-state index >= 15 is 0 Å². The lowest BCUT2D eigenvalue weighted by atomic mass is 9.97. The van der Waals surface area contributed by atoms with Crippen molar-refractivity contribution in [3.8, 4) is 12.3 Å². The third-order valence-corrected chi connectivity index (χ3v) is 3.09. The third-order valence-electron chi connectivity index (χ3n) is 3.09. The van der Waals surface area contributed by atoms with Crippen LogP contribution < -0.4 is 5.32 Å². The van der Waals surface area contributed by atoms with Crippen LogP contribution in [-0.4, -0.2) is 36.0 Å². The number of nitrogens with one attached hydrogen (secondary N) is 1. The van der Waals surface area contributed by atoms with Crippen LogP contribution in [0.3, 0.4) is 0 Å². The van der Waals surface area contributed by atoms with Crippen molar-refractivity contribution in [1.82, 2.24) is 10.2 Å².